The van der Waals surface area contributed by atoms with E-state index < -0.39 is 10.0 Å². The molecule has 0 atom stereocenters. The van der Waals surface area contributed by atoms with E-state index in [1.165, 1.54) is 23.3 Å². The van der Waals surface area contributed by atoms with Crippen molar-refractivity contribution in [2.24, 2.45) is 5.92 Å². The van der Waals surface area contributed by atoms with E-state index in [1.807, 2.05) is 6.92 Å². The van der Waals surface area contributed by atoms with Crippen LogP contribution in [-0.4, -0.2) is 62.3 Å². The quantitative estimate of drug-likeness (QED) is 0.684. The average molecular weight is 373 g/mol. The van der Waals surface area contributed by atoms with Crippen molar-refractivity contribution in [2.45, 2.75) is 45.2 Å². The largest absolute Gasteiger partial charge is 0.466 e. The molecule has 0 aliphatic carbocycles. The highest BCUT2D eigenvalue weighted by Crippen LogP contribution is 2.21. The Bertz CT molecular complexity index is 719. The first-order valence-electron chi connectivity index (χ1n) is 8.65. The fraction of sp³-hybridized carbons (Fsp3) is 0.750. The molecule has 142 valence electrons. The molecule has 0 radical (unpaired) electrons. The molecule has 1 aromatic heterocycles. The number of hydrogen-bond donors (Lipinski definition) is 1. The zero-order valence-electron chi connectivity index (χ0n) is 15.7. The van der Waals surface area contributed by atoms with Gasteiger partial charge in [0.25, 0.3) is 0 Å². The standard InChI is InChI=1S/C16H28N4O4S/c1-6-24-16(21)14-7-9-19(10-8-14)11-20-13(3)15(12(2)17-20)25(22,23)18(4)5/h14H,6-11H2,1-5H3/p+1. The summed E-state index contributed by atoms with van der Waals surface area (Å²) in [5.41, 5.74) is 1.18. The van der Waals surface area contributed by atoms with Crippen LogP contribution in [0.25, 0.3) is 0 Å². The molecule has 1 aliphatic heterocycles. The predicted molar refractivity (Wildman–Crippen MR) is 92.6 cm³/mol. The Morgan fingerprint density at radius 1 is 1.32 bits per heavy atom. The zero-order valence-corrected chi connectivity index (χ0v) is 16.5. The lowest BCUT2D eigenvalue weighted by Gasteiger charge is -2.28. The van der Waals surface area contributed by atoms with Crippen molar-refractivity contribution in [2.75, 3.05) is 33.8 Å². The van der Waals surface area contributed by atoms with Crippen LogP contribution in [0.4, 0.5) is 0 Å². The van der Waals surface area contributed by atoms with Crippen LogP contribution >= 0.6 is 0 Å². The number of esters is 1. The maximum absolute atomic E-state index is 12.5. The lowest BCUT2D eigenvalue weighted by molar-refractivity contribution is -0.929. The fourth-order valence-corrected chi connectivity index (χ4v) is 4.54. The lowest BCUT2D eigenvalue weighted by atomic mass is 9.97. The molecule has 0 unspecified atom stereocenters. The van der Waals surface area contributed by atoms with Gasteiger partial charge in [-0.25, -0.2) is 17.4 Å². The summed E-state index contributed by atoms with van der Waals surface area (Å²) < 4.78 is 33.0. The summed E-state index contributed by atoms with van der Waals surface area (Å²) in [6.45, 7) is 8.05. The molecular formula is C16H29N4O4S+. The van der Waals surface area contributed by atoms with Gasteiger partial charge in [0, 0.05) is 26.9 Å². The number of carbonyl (C=O) groups is 1. The SMILES string of the molecule is CCOC(=O)C1CC[NH+](Cn2nc(C)c(S(=O)(=O)N(C)C)c2C)CC1. The molecule has 1 saturated heterocycles. The maximum atomic E-state index is 12.5. The van der Waals surface area contributed by atoms with E-state index in [4.69, 9.17) is 4.74 Å². The Labute approximate surface area is 149 Å². The van der Waals surface area contributed by atoms with Crippen molar-refractivity contribution in [3.05, 3.63) is 11.4 Å². The van der Waals surface area contributed by atoms with E-state index in [0.717, 1.165) is 25.9 Å². The number of nitrogens with zero attached hydrogens (tertiary/aromatic N) is 3. The Morgan fingerprint density at radius 3 is 2.44 bits per heavy atom. The van der Waals surface area contributed by atoms with E-state index in [0.29, 0.717) is 29.6 Å². The number of quaternary nitrogens is 1. The molecule has 0 aromatic carbocycles. The van der Waals surface area contributed by atoms with Crippen molar-refractivity contribution in [1.29, 1.82) is 0 Å². The Balaban J connectivity index is 2.07. The Hall–Kier alpha value is -1.45. The first kappa shape index (κ1) is 19.9. The molecule has 0 bridgehead atoms. The van der Waals surface area contributed by atoms with Gasteiger partial charge in [0.15, 0.2) is 6.67 Å². The van der Waals surface area contributed by atoms with Gasteiger partial charge >= 0.3 is 5.97 Å². The second-order valence-electron chi connectivity index (χ2n) is 6.72. The lowest BCUT2D eigenvalue weighted by Crippen LogP contribution is -3.12. The number of piperidine rings is 1. The molecule has 0 amide bonds. The monoisotopic (exact) mass is 373 g/mol. The summed E-state index contributed by atoms with van der Waals surface area (Å²) in [7, 11) is -0.455. The highest BCUT2D eigenvalue weighted by molar-refractivity contribution is 7.89. The van der Waals surface area contributed by atoms with E-state index in [9.17, 15) is 13.2 Å². The van der Waals surface area contributed by atoms with Gasteiger partial charge in [-0.2, -0.15) is 5.10 Å². The number of hydrogen-bond acceptors (Lipinski definition) is 5. The van der Waals surface area contributed by atoms with Gasteiger partial charge in [0.05, 0.1) is 37.0 Å². The summed E-state index contributed by atoms with van der Waals surface area (Å²) in [6, 6.07) is 0. The number of nitrogens with one attached hydrogen (secondary N) is 1. The normalized spacial score (nSPS) is 21.5. The van der Waals surface area contributed by atoms with Gasteiger partial charge in [-0.3, -0.25) is 4.79 Å². The first-order chi connectivity index (χ1) is 11.7. The first-order valence-corrected chi connectivity index (χ1v) is 10.1. The molecule has 0 saturated carbocycles. The van der Waals surface area contributed by atoms with Crippen molar-refractivity contribution in [3.8, 4) is 0 Å². The highest BCUT2D eigenvalue weighted by Gasteiger charge is 2.31. The van der Waals surface area contributed by atoms with Gasteiger partial charge in [-0.1, -0.05) is 0 Å². The summed E-state index contributed by atoms with van der Waals surface area (Å²) in [5, 5.41) is 4.43. The Morgan fingerprint density at radius 2 is 1.92 bits per heavy atom. The number of ether oxygens (including phenoxy) is 1. The molecule has 0 spiro atoms. The van der Waals surface area contributed by atoms with Crippen molar-refractivity contribution in [3.63, 3.8) is 0 Å². The minimum atomic E-state index is -3.51. The number of carbonyl (C=O) groups excluding carboxylic acids is 1. The van der Waals surface area contributed by atoms with Gasteiger partial charge in [-0.05, 0) is 20.8 Å². The van der Waals surface area contributed by atoms with Crippen LogP contribution in [0.5, 0.6) is 0 Å². The average Bonchev–Trinajstić information content (AvgIpc) is 2.82. The highest BCUT2D eigenvalue weighted by atomic mass is 32.2. The predicted octanol–water partition coefficient (Wildman–Crippen LogP) is -0.434. The number of rotatable bonds is 6. The molecule has 1 aliphatic rings. The van der Waals surface area contributed by atoms with Crippen LogP contribution in [0, 0.1) is 19.8 Å². The third kappa shape index (κ3) is 4.21. The van der Waals surface area contributed by atoms with E-state index in [2.05, 4.69) is 5.10 Å². The summed E-state index contributed by atoms with van der Waals surface area (Å²) in [6.07, 6.45) is 1.58. The third-order valence-electron chi connectivity index (χ3n) is 4.74. The molecule has 25 heavy (non-hydrogen) atoms. The van der Waals surface area contributed by atoms with Crippen molar-refractivity contribution in [1.82, 2.24) is 14.1 Å². The van der Waals surface area contributed by atoms with E-state index in [-0.39, 0.29) is 11.9 Å². The Kier molecular flexibility index (Phi) is 6.23. The topological polar surface area (TPSA) is 85.9 Å². The van der Waals surface area contributed by atoms with E-state index >= 15 is 0 Å². The molecular weight excluding hydrogens is 344 g/mol. The van der Waals surface area contributed by atoms with Gasteiger partial charge < -0.3 is 9.64 Å². The van der Waals surface area contributed by atoms with Crippen LogP contribution in [0.3, 0.4) is 0 Å². The van der Waals surface area contributed by atoms with Gasteiger partial charge in [0.2, 0.25) is 10.0 Å². The summed E-state index contributed by atoms with van der Waals surface area (Å²) in [4.78, 5) is 13.4. The molecule has 1 N–H and O–H groups in total. The van der Waals surface area contributed by atoms with Gasteiger partial charge in [-0.15, -0.1) is 0 Å². The summed E-state index contributed by atoms with van der Waals surface area (Å²) in [5.74, 6) is -0.124. The van der Waals surface area contributed by atoms with Crippen molar-refractivity contribution < 1.29 is 22.8 Å². The number of aromatic nitrogens is 2. The summed E-state index contributed by atoms with van der Waals surface area (Å²) >= 11 is 0. The fourth-order valence-electron chi connectivity index (χ4n) is 3.28. The molecule has 8 nitrogen and oxygen atoms in total. The molecule has 2 rings (SSSR count). The second kappa shape index (κ2) is 7.84. The van der Waals surface area contributed by atoms with E-state index in [1.54, 1.807) is 18.5 Å². The second-order valence-corrected chi connectivity index (χ2v) is 8.81. The minimum absolute atomic E-state index is 0.0196. The van der Waals surface area contributed by atoms with Crippen LogP contribution in [-0.2, 0) is 26.2 Å². The van der Waals surface area contributed by atoms with Crippen LogP contribution in [0.1, 0.15) is 31.2 Å². The molecule has 9 heteroatoms. The number of aryl methyl sites for hydroxylation is 1. The van der Waals surface area contributed by atoms with Gasteiger partial charge in [0.1, 0.15) is 4.90 Å². The number of sulfonamides is 1. The number of likely N-dealkylation sites (tertiary alicyclic amines) is 1. The van der Waals surface area contributed by atoms with Crippen LogP contribution in [0.15, 0.2) is 4.90 Å². The third-order valence-corrected chi connectivity index (χ3v) is 6.81. The van der Waals surface area contributed by atoms with Crippen molar-refractivity contribution >= 4 is 16.0 Å². The minimum Gasteiger partial charge on any atom is -0.466 e. The zero-order chi connectivity index (χ0) is 18.8. The molecule has 1 aromatic rings. The van der Waals surface area contributed by atoms with Crippen LogP contribution in [0.2, 0.25) is 0 Å². The maximum Gasteiger partial charge on any atom is 0.309 e. The van der Waals surface area contributed by atoms with Crippen LogP contribution < -0.4 is 4.90 Å². The smallest absolute Gasteiger partial charge is 0.309 e. The molecule has 2 heterocycles. The molecule has 1 fully saturated rings.